The zero-order chi connectivity index (χ0) is 29.2. The maximum atomic E-state index is 13.3. The number of imidazole rings is 1. The third-order valence-corrected chi connectivity index (χ3v) is 7.71. The largest absolute Gasteiger partial charge is 0.354 e. The molecule has 10 heteroatoms. The van der Waals surface area contributed by atoms with Crippen LogP contribution in [0.15, 0.2) is 72.9 Å². The number of benzene rings is 3. The Hall–Kier alpha value is -5.25. The molecule has 0 saturated carbocycles. The molecule has 0 bridgehead atoms. The van der Waals surface area contributed by atoms with Crippen LogP contribution in [0, 0.1) is 10.1 Å². The van der Waals surface area contributed by atoms with Gasteiger partial charge in [0.1, 0.15) is 5.82 Å². The third kappa shape index (κ3) is 5.38. The number of aromatic amines is 1. The number of hydrogen-bond acceptors (Lipinski definition) is 6. The number of anilines is 2. The second-order valence-electron chi connectivity index (χ2n) is 10.4. The number of carbonyl (C=O) groups excluding carboxylic acids is 2. The summed E-state index contributed by atoms with van der Waals surface area (Å²) in [6, 6.07) is 20.0. The second kappa shape index (κ2) is 11.3. The normalized spacial score (nSPS) is 15.5. The summed E-state index contributed by atoms with van der Waals surface area (Å²) in [7, 11) is 0. The van der Waals surface area contributed by atoms with Gasteiger partial charge in [0.2, 0.25) is 5.91 Å². The van der Waals surface area contributed by atoms with Crippen LogP contribution in [0.25, 0.3) is 22.5 Å². The molecule has 0 atom stereocenters. The van der Waals surface area contributed by atoms with Gasteiger partial charge in [-0.2, -0.15) is 0 Å². The summed E-state index contributed by atoms with van der Waals surface area (Å²) in [5, 5.41) is 17.8. The highest BCUT2D eigenvalue weighted by molar-refractivity contribution is 6.37. The Bertz CT molecular complexity index is 1710. The molecular formula is C32H30N6O4. The minimum absolute atomic E-state index is 0.0938. The van der Waals surface area contributed by atoms with E-state index in [9.17, 15) is 19.7 Å². The Balaban J connectivity index is 1.35. The molecule has 10 nitrogen and oxygen atoms in total. The minimum Gasteiger partial charge on any atom is -0.354 e. The van der Waals surface area contributed by atoms with Gasteiger partial charge in [-0.15, -0.1) is 0 Å². The average Bonchev–Trinajstić information content (AvgIpc) is 3.73. The van der Waals surface area contributed by atoms with Gasteiger partial charge < -0.3 is 20.5 Å². The number of nitrogens with one attached hydrogen (secondary N) is 3. The molecule has 3 heterocycles. The molecule has 0 aliphatic carbocycles. The average molecular weight is 563 g/mol. The summed E-state index contributed by atoms with van der Waals surface area (Å²) in [5.74, 6) is 0.770. The van der Waals surface area contributed by atoms with Crippen LogP contribution < -0.4 is 10.6 Å². The second-order valence-corrected chi connectivity index (χ2v) is 10.4. The molecule has 1 saturated heterocycles. The highest BCUT2D eigenvalue weighted by atomic mass is 16.6. The number of fused-ring (bicyclic) bond motifs is 1. The molecule has 0 unspecified atom stereocenters. The molecule has 1 fully saturated rings. The predicted molar refractivity (Wildman–Crippen MR) is 162 cm³/mol. The van der Waals surface area contributed by atoms with Crippen LogP contribution >= 0.6 is 0 Å². The smallest absolute Gasteiger partial charge is 0.270 e. The third-order valence-electron chi connectivity index (χ3n) is 7.71. The molecule has 1 aromatic heterocycles. The molecule has 2 aliphatic rings. The Morgan fingerprint density at radius 2 is 1.86 bits per heavy atom. The number of nitro groups is 1. The topological polar surface area (TPSA) is 133 Å². The summed E-state index contributed by atoms with van der Waals surface area (Å²) in [5.41, 5.74) is 6.13. The van der Waals surface area contributed by atoms with Gasteiger partial charge in [-0.3, -0.25) is 19.7 Å². The number of rotatable bonds is 9. The molecular weight excluding hydrogens is 532 g/mol. The lowest BCUT2D eigenvalue weighted by Gasteiger charge is -2.17. The first-order valence-corrected chi connectivity index (χ1v) is 14.0. The molecule has 3 aromatic carbocycles. The number of likely N-dealkylation sites (tertiary alicyclic amines) is 1. The van der Waals surface area contributed by atoms with Crippen molar-refractivity contribution < 1.29 is 14.5 Å². The molecule has 6 rings (SSSR count). The van der Waals surface area contributed by atoms with Crippen LogP contribution in [0.4, 0.5) is 17.1 Å². The van der Waals surface area contributed by atoms with E-state index in [0.717, 1.165) is 59.7 Å². The highest BCUT2D eigenvalue weighted by Crippen LogP contribution is 2.39. The van der Waals surface area contributed by atoms with Gasteiger partial charge in [-0.05, 0) is 42.2 Å². The molecule has 2 amide bonds. The van der Waals surface area contributed by atoms with Crippen LogP contribution in [0.5, 0.6) is 0 Å². The molecule has 0 spiro atoms. The van der Waals surface area contributed by atoms with Crippen molar-refractivity contribution in [2.45, 2.75) is 32.6 Å². The molecule has 2 aliphatic heterocycles. The van der Waals surface area contributed by atoms with Crippen molar-refractivity contribution >= 4 is 40.1 Å². The van der Waals surface area contributed by atoms with E-state index in [2.05, 4.69) is 20.6 Å². The number of carbonyl (C=O) groups is 2. The van der Waals surface area contributed by atoms with Gasteiger partial charge in [0, 0.05) is 66.8 Å². The van der Waals surface area contributed by atoms with Crippen molar-refractivity contribution in [3.8, 4) is 11.3 Å². The Morgan fingerprint density at radius 1 is 1.07 bits per heavy atom. The SMILES string of the molecule is CCc1nc(-c2ccc(NC(=C3C(=O)Nc4ccc([N+](=O)[O-])cc43)c3ccc(CCN4CCCC4=O)cc3)cc2)c[nH]1. The lowest BCUT2D eigenvalue weighted by molar-refractivity contribution is -0.384. The molecule has 0 radical (unpaired) electrons. The number of nitrogens with zero attached hydrogens (tertiary/aromatic N) is 3. The van der Waals surface area contributed by atoms with Gasteiger partial charge in [0.15, 0.2) is 0 Å². The lowest BCUT2D eigenvalue weighted by atomic mass is 9.98. The summed E-state index contributed by atoms with van der Waals surface area (Å²) < 4.78 is 0. The van der Waals surface area contributed by atoms with Crippen LogP contribution in [0.2, 0.25) is 0 Å². The molecule has 3 N–H and O–H groups in total. The Kier molecular flexibility index (Phi) is 7.26. The van der Waals surface area contributed by atoms with E-state index in [-0.39, 0.29) is 17.5 Å². The van der Waals surface area contributed by atoms with E-state index < -0.39 is 4.92 Å². The molecule has 42 heavy (non-hydrogen) atoms. The maximum Gasteiger partial charge on any atom is 0.270 e. The molecule has 212 valence electrons. The Morgan fingerprint density at radius 3 is 2.52 bits per heavy atom. The fourth-order valence-corrected chi connectivity index (χ4v) is 5.40. The van der Waals surface area contributed by atoms with Gasteiger partial charge >= 0.3 is 0 Å². The quantitative estimate of drug-likeness (QED) is 0.137. The van der Waals surface area contributed by atoms with Crippen LogP contribution in [-0.2, 0) is 22.4 Å². The minimum atomic E-state index is -0.467. The standard InChI is InChI=1S/C32H30N6O4/c1-2-28-33-19-27(35-28)21-9-11-23(12-10-21)34-31(30-25-18-24(38(41)42)13-14-26(25)36-32(30)40)22-7-5-20(6-8-22)15-17-37-16-3-4-29(37)39/h5-14,18-19,34H,2-4,15-17H2,1H3,(H,33,35)(H,36,40). The van der Waals surface area contributed by atoms with E-state index in [1.54, 1.807) is 6.07 Å². The van der Waals surface area contributed by atoms with Crippen LogP contribution in [-0.4, -0.2) is 44.7 Å². The number of hydrogen-bond donors (Lipinski definition) is 3. The van der Waals surface area contributed by atoms with Crippen LogP contribution in [0.1, 0.15) is 42.3 Å². The Labute approximate surface area is 242 Å². The number of nitro benzene ring substituents is 1. The number of aryl methyl sites for hydroxylation is 1. The van der Waals surface area contributed by atoms with Gasteiger partial charge in [-0.1, -0.05) is 43.3 Å². The van der Waals surface area contributed by atoms with E-state index >= 15 is 0 Å². The summed E-state index contributed by atoms with van der Waals surface area (Å²) in [6.45, 7) is 3.51. The highest BCUT2D eigenvalue weighted by Gasteiger charge is 2.30. The van der Waals surface area contributed by atoms with E-state index in [0.29, 0.717) is 35.5 Å². The number of non-ortho nitro benzene ring substituents is 1. The van der Waals surface area contributed by atoms with E-state index in [1.165, 1.54) is 12.1 Å². The first kappa shape index (κ1) is 26.9. The fraction of sp³-hybridized carbons (Fsp3) is 0.219. The van der Waals surface area contributed by atoms with Crippen molar-refractivity contribution in [3.05, 3.63) is 106 Å². The predicted octanol–water partition coefficient (Wildman–Crippen LogP) is 5.64. The monoisotopic (exact) mass is 562 g/mol. The number of H-pyrrole nitrogens is 1. The maximum absolute atomic E-state index is 13.3. The van der Waals surface area contributed by atoms with Gasteiger partial charge in [-0.25, -0.2) is 4.98 Å². The first-order valence-electron chi connectivity index (χ1n) is 14.0. The van der Waals surface area contributed by atoms with Gasteiger partial charge in [0.05, 0.1) is 21.9 Å². The first-order chi connectivity index (χ1) is 20.4. The van der Waals surface area contributed by atoms with Crippen molar-refractivity contribution in [2.24, 2.45) is 0 Å². The number of aromatic nitrogens is 2. The zero-order valence-electron chi connectivity index (χ0n) is 23.1. The summed E-state index contributed by atoms with van der Waals surface area (Å²) in [6.07, 6.45) is 4.95. The van der Waals surface area contributed by atoms with Crippen molar-refractivity contribution in [1.82, 2.24) is 14.9 Å². The van der Waals surface area contributed by atoms with Gasteiger partial charge in [0.25, 0.3) is 11.6 Å². The fourth-order valence-electron chi connectivity index (χ4n) is 5.40. The summed E-state index contributed by atoms with van der Waals surface area (Å²) >= 11 is 0. The zero-order valence-corrected chi connectivity index (χ0v) is 23.1. The van der Waals surface area contributed by atoms with Crippen LogP contribution in [0.3, 0.4) is 0 Å². The van der Waals surface area contributed by atoms with E-state index in [4.69, 9.17) is 0 Å². The van der Waals surface area contributed by atoms with E-state index in [1.807, 2.05) is 66.6 Å². The molecule has 4 aromatic rings. The van der Waals surface area contributed by atoms with Crippen molar-refractivity contribution in [3.63, 3.8) is 0 Å². The van der Waals surface area contributed by atoms with Crippen molar-refractivity contribution in [2.75, 3.05) is 23.7 Å². The number of amides is 2. The summed E-state index contributed by atoms with van der Waals surface area (Å²) in [4.78, 5) is 46.0. The lowest BCUT2D eigenvalue weighted by Crippen LogP contribution is -2.26. The van der Waals surface area contributed by atoms with Crippen molar-refractivity contribution in [1.29, 1.82) is 0 Å².